The largest absolute Gasteiger partial charge is 0.464 e. The van der Waals surface area contributed by atoms with Gasteiger partial charge in [-0.05, 0) is 50.6 Å². The Morgan fingerprint density at radius 1 is 1.19 bits per heavy atom. The van der Waals surface area contributed by atoms with Crippen LogP contribution in [0.1, 0.15) is 30.9 Å². The highest BCUT2D eigenvalue weighted by atomic mass is 79.9. The molecule has 1 aromatic heterocycles. The summed E-state index contributed by atoms with van der Waals surface area (Å²) in [4.78, 5) is 14.4. The molecule has 0 unspecified atom stereocenters. The number of hydrogen-bond donors (Lipinski definition) is 0. The van der Waals surface area contributed by atoms with E-state index in [0.29, 0.717) is 13.0 Å². The Kier molecular flexibility index (Phi) is 5.23. The van der Waals surface area contributed by atoms with E-state index in [1.165, 1.54) is 0 Å². The van der Waals surface area contributed by atoms with Crippen molar-refractivity contribution in [3.05, 3.63) is 58.0 Å². The zero-order valence-electron chi connectivity index (χ0n) is 12.6. The molecule has 2 aromatic rings. The molecule has 0 N–H and O–H groups in total. The molecule has 0 spiro atoms. The second kappa shape index (κ2) is 6.94. The van der Waals surface area contributed by atoms with Crippen LogP contribution in [0.2, 0.25) is 0 Å². The molecule has 0 radical (unpaired) electrons. The number of amides is 1. The smallest absolute Gasteiger partial charge is 0.227 e. The van der Waals surface area contributed by atoms with Crippen LogP contribution >= 0.6 is 15.9 Å². The standard InChI is InChI=1S/C17H20BrNO2/c1-12(2)19(11-16-9-4-13(3)21-16)17(20)10-14-5-7-15(18)8-6-14/h4-9,12H,10-11H2,1-3H3. The second-order valence-corrected chi connectivity index (χ2v) is 6.35. The Morgan fingerprint density at radius 3 is 2.38 bits per heavy atom. The molecule has 1 amide bonds. The third-order valence-electron chi connectivity index (χ3n) is 3.33. The molecule has 1 heterocycles. The van der Waals surface area contributed by atoms with E-state index in [0.717, 1.165) is 21.6 Å². The predicted molar refractivity (Wildman–Crippen MR) is 87.0 cm³/mol. The molecule has 0 fully saturated rings. The van der Waals surface area contributed by atoms with Gasteiger partial charge in [0.1, 0.15) is 11.5 Å². The van der Waals surface area contributed by atoms with Crippen molar-refractivity contribution in [3.8, 4) is 0 Å². The summed E-state index contributed by atoms with van der Waals surface area (Å²) in [5, 5.41) is 0. The zero-order valence-corrected chi connectivity index (χ0v) is 14.2. The first-order valence-corrected chi connectivity index (χ1v) is 7.84. The van der Waals surface area contributed by atoms with Gasteiger partial charge < -0.3 is 9.32 Å². The van der Waals surface area contributed by atoms with Crippen LogP contribution < -0.4 is 0 Å². The van der Waals surface area contributed by atoms with Crippen LogP contribution in [-0.2, 0) is 17.8 Å². The highest BCUT2D eigenvalue weighted by Gasteiger charge is 2.19. The number of benzene rings is 1. The predicted octanol–water partition coefficient (Wildman–Crippen LogP) is 4.33. The van der Waals surface area contributed by atoms with Gasteiger partial charge in [-0.25, -0.2) is 0 Å². The van der Waals surface area contributed by atoms with E-state index in [-0.39, 0.29) is 11.9 Å². The summed E-state index contributed by atoms with van der Waals surface area (Å²) >= 11 is 3.40. The van der Waals surface area contributed by atoms with Crippen LogP contribution in [0.4, 0.5) is 0 Å². The van der Waals surface area contributed by atoms with Crippen LogP contribution in [0.3, 0.4) is 0 Å². The van der Waals surface area contributed by atoms with E-state index in [2.05, 4.69) is 15.9 Å². The fourth-order valence-electron chi connectivity index (χ4n) is 2.18. The average Bonchev–Trinajstić information content (AvgIpc) is 2.84. The van der Waals surface area contributed by atoms with Crippen LogP contribution in [0.5, 0.6) is 0 Å². The van der Waals surface area contributed by atoms with Crippen molar-refractivity contribution in [1.29, 1.82) is 0 Å². The van der Waals surface area contributed by atoms with Gasteiger partial charge in [-0.1, -0.05) is 28.1 Å². The molecule has 0 aliphatic rings. The van der Waals surface area contributed by atoms with Gasteiger partial charge in [-0.3, -0.25) is 4.79 Å². The summed E-state index contributed by atoms with van der Waals surface area (Å²) in [5.41, 5.74) is 1.02. The first kappa shape index (κ1) is 15.8. The maximum atomic E-state index is 12.5. The van der Waals surface area contributed by atoms with Crippen LogP contribution in [0, 0.1) is 6.92 Å². The van der Waals surface area contributed by atoms with Crippen LogP contribution in [-0.4, -0.2) is 16.8 Å². The third kappa shape index (κ3) is 4.46. The summed E-state index contributed by atoms with van der Waals surface area (Å²) in [6.45, 7) is 6.47. The lowest BCUT2D eigenvalue weighted by Crippen LogP contribution is -2.37. The Bertz CT molecular complexity index is 602. The van der Waals surface area contributed by atoms with Crippen molar-refractivity contribution in [3.63, 3.8) is 0 Å². The van der Waals surface area contributed by atoms with Gasteiger partial charge in [0.15, 0.2) is 0 Å². The highest BCUT2D eigenvalue weighted by molar-refractivity contribution is 9.10. The fourth-order valence-corrected chi connectivity index (χ4v) is 2.44. The Labute approximate surface area is 134 Å². The molecule has 3 nitrogen and oxygen atoms in total. The van der Waals surface area contributed by atoms with Crippen molar-refractivity contribution in [1.82, 2.24) is 4.90 Å². The molecule has 21 heavy (non-hydrogen) atoms. The molecule has 2 rings (SSSR count). The van der Waals surface area contributed by atoms with Crippen LogP contribution in [0.25, 0.3) is 0 Å². The van der Waals surface area contributed by atoms with Gasteiger partial charge in [0, 0.05) is 10.5 Å². The first-order chi connectivity index (χ1) is 9.95. The molecule has 0 bridgehead atoms. The van der Waals surface area contributed by atoms with Gasteiger partial charge in [-0.2, -0.15) is 0 Å². The molecule has 4 heteroatoms. The minimum Gasteiger partial charge on any atom is -0.464 e. The van der Waals surface area contributed by atoms with Gasteiger partial charge >= 0.3 is 0 Å². The number of halogens is 1. The zero-order chi connectivity index (χ0) is 15.4. The van der Waals surface area contributed by atoms with Crippen molar-refractivity contribution < 1.29 is 9.21 Å². The molecule has 0 aliphatic carbocycles. The van der Waals surface area contributed by atoms with Crippen LogP contribution in [0.15, 0.2) is 45.3 Å². The van der Waals surface area contributed by atoms with E-state index in [1.807, 2.05) is 62.1 Å². The highest BCUT2D eigenvalue weighted by Crippen LogP contribution is 2.15. The normalized spacial score (nSPS) is 10.9. The van der Waals surface area contributed by atoms with Gasteiger partial charge in [0.05, 0.1) is 13.0 Å². The van der Waals surface area contributed by atoms with Gasteiger partial charge in [0.2, 0.25) is 5.91 Å². The molecule has 0 aliphatic heterocycles. The molecule has 0 saturated carbocycles. The van der Waals surface area contributed by atoms with E-state index in [9.17, 15) is 4.79 Å². The minimum atomic E-state index is 0.112. The van der Waals surface area contributed by atoms with Gasteiger partial charge in [0.25, 0.3) is 0 Å². The maximum absolute atomic E-state index is 12.5. The second-order valence-electron chi connectivity index (χ2n) is 5.43. The SMILES string of the molecule is Cc1ccc(CN(C(=O)Cc2ccc(Br)cc2)C(C)C)o1. The number of hydrogen-bond acceptors (Lipinski definition) is 2. The number of rotatable bonds is 5. The molecular formula is C17H20BrNO2. The molecule has 1 aromatic carbocycles. The summed E-state index contributed by atoms with van der Waals surface area (Å²) in [7, 11) is 0. The number of carbonyl (C=O) groups is 1. The first-order valence-electron chi connectivity index (χ1n) is 7.05. The Hall–Kier alpha value is -1.55. The van der Waals surface area contributed by atoms with E-state index in [4.69, 9.17) is 4.42 Å². The third-order valence-corrected chi connectivity index (χ3v) is 3.86. The molecule has 112 valence electrons. The lowest BCUT2D eigenvalue weighted by molar-refractivity contribution is -0.133. The van der Waals surface area contributed by atoms with E-state index in [1.54, 1.807) is 0 Å². The maximum Gasteiger partial charge on any atom is 0.227 e. The number of furan rings is 1. The Morgan fingerprint density at radius 2 is 1.86 bits per heavy atom. The summed E-state index contributed by atoms with van der Waals surface area (Å²) in [6.07, 6.45) is 0.408. The average molecular weight is 350 g/mol. The molecule has 0 saturated heterocycles. The number of nitrogens with zero attached hydrogens (tertiary/aromatic N) is 1. The lowest BCUT2D eigenvalue weighted by Gasteiger charge is -2.26. The summed E-state index contributed by atoms with van der Waals surface area (Å²) in [6, 6.07) is 11.8. The van der Waals surface area contributed by atoms with Crippen molar-refractivity contribution in [2.45, 2.75) is 39.8 Å². The van der Waals surface area contributed by atoms with Crippen molar-refractivity contribution in [2.75, 3.05) is 0 Å². The molecule has 0 atom stereocenters. The molecular weight excluding hydrogens is 330 g/mol. The van der Waals surface area contributed by atoms with Gasteiger partial charge in [-0.15, -0.1) is 0 Å². The van der Waals surface area contributed by atoms with E-state index >= 15 is 0 Å². The number of carbonyl (C=O) groups excluding carboxylic acids is 1. The summed E-state index contributed by atoms with van der Waals surface area (Å²) < 4.78 is 6.60. The van der Waals surface area contributed by atoms with Crippen molar-refractivity contribution in [2.24, 2.45) is 0 Å². The van der Waals surface area contributed by atoms with E-state index < -0.39 is 0 Å². The lowest BCUT2D eigenvalue weighted by atomic mass is 10.1. The topological polar surface area (TPSA) is 33.5 Å². The fraction of sp³-hybridized carbons (Fsp3) is 0.353. The summed E-state index contributed by atoms with van der Waals surface area (Å²) in [5.74, 6) is 1.81. The minimum absolute atomic E-state index is 0.112. The Balaban J connectivity index is 2.06. The number of aryl methyl sites for hydroxylation is 1. The monoisotopic (exact) mass is 349 g/mol. The quantitative estimate of drug-likeness (QED) is 0.804. The van der Waals surface area contributed by atoms with Crippen molar-refractivity contribution >= 4 is 21.8 Å².